The zero-order chi connectivity index (χ0) is 15.5. The minimum Gasteiger partial charge on any atom is -0.480 e. The summed E-state index contributed by atoms with van der Waals surface area (Å²) in [7, 11) is 0. The SMILES string of the molecule is CCCNC(=O)C(C)(Cc1cc2ccccc2s1)C(=O)O. The lowest BCUT2D eigenvalue weighted by molar-refractivity contribution is -0.154. The summed E-state index contributed by atoms with van der Waals surface area (Å²) in [5, 5.41) is 13.3. The number of benzene rings is 1. The van der Waals surface area contributed by atoms with Gasteiger partial charge >= 0.3 is 5.97 Å². The van der Waals surface area contributed by atoms with Crippen LogP contribution in [-0.2, 0) is 16.0 Å². The summed E-state index contributed by atoms with van der Waals surface area (Å²) in [6, 6.07) is 9.85. The molecule has 1 unspecified atom stereocenters. The summed E-state index contributed by atoms with van der Waals surface area (Å²) in [6.07, 6.45) is 0.988. The predicted molar refractivity (Wildman–Crippen MR) is 84.6 cm³/mol. The van der Waals surface area contributed by atoms with E-state index in [1.165, 1.54) is 18.3 Å². The average molecular weight is 305 g/mol. The zero-order valence-electron chi connectivity index (χ0n) is 12.2. The van der Waals surface area contributed by atoms with Crippen molar-refractivity contribution in [2.24, 2.45) is 5.41 Å². The van der Waals surface area contributed by atoms with Crippen molar-refractivity contribution in [3.8, 4) is 0 Å². The number of carbonyl (C=O) groups excluding carboxylic acids is 1. The third-order valence-electron chi connectivity index (χ3n) is 3.51. The molecule has 1 heterocycles. The second-order valence-corrected chi connectivity index (χ2v) is 6.49. The van der Waals surface area contributed by atoms with Gasteiger partial charge in [-0.3, -0.25) is 9.59 Å². The molecule has 0 aliphatic rings. The number of carboxylic acids is 1. The van der Waals surface area contributed by atoms with Crippen molar-refractivity contribution >= 4 is 33.3 Å². The minimum absolute atomic E-state index is 0.206. The van der Waals surface area contributed by atoms with E-state index in [4.69, 9.17) is 0 Å². The van der Waals surface area contributed by atoms with Gasteiger partial charge in [0.25, 0.3) is 0 Å². The number of hydrogen-bond acceptors (Lipinski definition) is 3. The number of aliphatic carboxylic acids is 1. The summed E-state index contributed by atoms with van der Waals surface area (Å²) < 4.78 is 1.11. The lowest BCUT2D eigenvalue weighted by Gasteiger charge is -2.23. The number of thiophene rings is 1. The van der Waals surface area contributed by atoms with Crippen LogP contribution >= 0.6 is 11.3 Å². The number of fused-ring (bicyclic) bond motifs is 1. The molecule has 1 amide bonds. The van der Waals surface area contributed by atoms with E-state index in [-0.39, 0.29) is 6.42 Å². The van der Waals surface area contributed by atoms with Gasteiger partial charge in [-0.1, -0.05) is 25.1 Å². The Balaban J connectivity index is 2.26. The van der Waals surface area contributed by atoms with E-state index in [2.05, 4.69) is 5.32 Å². The van der Waals surface area contributed by atoms with Crippen LogP contribution in [-0.4, -0.2) is 23.5 Å². The fraction of sp³-hybridized carbons (Fsp3) is 0.375. The molecule has 0 spiro atoms. The first-order chi connectivity index (χ1) is 9.97. The Hall–Kier alpha value is -1.88. The van der Waals surface area contributed by atoms with Crippen LogP contribution in [0, 0.1) is 5.41 Å². The maximum atomic E-state index is 12.2. The second-order valence-electron chi connectivity index (χ2n) is 5.32. The Morgan fingerprint density at radius 2 is 2.05 bits per heavy atom. The molecule has 21 heavy (non-hydrogen) atoms. The van der Waals surface area contributed by atoms with Gasteiger partial charge in [-0.2, -0.15) is 0 Å². The number of carbonyl (C=O) groups is 2. The maximum Gasteiger partial charge on any atom is 0.319 e. The topological polar surface area (TPSA) is 66.4 Å². The zero-order valence-corrected chi connectivity index (χ0v) is 13.0. The molecule has 2 aromatic rings. The number of nitrogens with one attached hydrogen (secondary N) is 1. The van der Waals surface area contributed by atoms with E-state index in [1.54, 1.807) is 0 Å². The Morgan fingerprint density at radius 1 is 1.33 bits per heavy atom. The van der Waals surface area contributed by atoms with Crippen molar-refractivity contribution < 1.29 is 14.7 Å². The quantitative estimate of drug-likeness (QED) is 0.806. The van der Waals surface area contributed by atoms with Gasteiger partial charge in [-0.25, -0.2) is 0 Å². The minimum atomic E-state index is -1.43. The fourth-order valence-electron chi connectivity index (χ4n) is 2.16. The third kappa shape index (κ3) is 3.24. The molecular weight excluding hydrogens is 286 g/mol. The van der Waals surface area contributed by atoms with Crippen molar-refractivity contribution in [3.05, 3.63) is 35.2 Å². The van der Waals surface area contributed by atoms with E-state index in [0.717, 1.165) is 21.4 Å². The van der Waals surface area contributed by atoms with Gasteiger partial charge in [0.1, 0.15) is 5.41 Å². The van der Waals surface area contributed by atoms with Crippen LogP contribution in [0.2, 0.25) is 0 Å². The van der Waals surface area contributed by atoms with Crippen LogP contribution in [0.3, 0.4) is 0 Å². The smallest absolute Gasteiger partial charge is 0.319 e. The van der Waals surface area contributed by atoms with Crippen molar-refractivity contribution in [1.82, 2.24) is 5.32 Å². The molecule has 1 atom stereocenters. The lowest BCUT2D eigenvalue weighted by atomic mass is 9.85. The first kappa shape index (κ1) is 15.5. The fourth-order valence-corrected chi connectivity index (χ4v) is 3.38. The summed E-state index contributed by atoms with van der Waals surface area (Å²) in [6.45, 7) is 3.92. The highest BCUT2D eigenvalue weighted by atomic mass is 32.1. The van der Waals surface area contributed by atoms with Gasteiger partial charge in [0.05, 0.1) is 0 Å². The predicted octanol–water partition coefficient (Wildman–Crippen LogP) is 3.06. The Kier molecular flexibility index (Phi) is 4.63. The molecule has 1 aromatic carbocycles. The van der Waals surface area contributed by atoms with Crippen molar-refractivity contribution in [2.45, 2.75) is 26.7 Å². The van der Waals surface area contributed by atoms with E-state index in [0.29, 0.717) is 6.54 Å². The Morgan fingerprint density at radius 3 is 2.67 bits per heavy atom. The first-order valence-corrected chi connectivity index (χ1v) is 7.78. The van der Waals surface area contributed by atoms with Crippen LogP contribution in [0.4, 0.5) is 0 Å². The average Bonchev–Trinajstić information content (AvgIpc) is 2.86. The summed E-state index contributed by atoms with van der Waals surface area (Å²) in [4.78, 5) is 24.7. The molecule has 2 rings (SSSR count). The largest absolute Gasteiger partial charge is 0.480 e. The van der Waals surface area contributed by atoms with E-state index in [9.17, 15) is 14.7 Å². The molecule has 5 heteroatoms. The van der Waals surface area contributed by atoms with Crippen LogP contribution in [0.15, 0.2) is 30.3 Å². The maximum absolute atomic E-state index is 12.2. The van der Waals surface area contributed by atoms with Crippen LogP contribution in [0.25, 0.3) is 10.1 Å². The number of carboxylic acid groups (broad SMARTS) is 1. The molecule has 1 aromatic heterocycles. The molecule has 0 fully saturated rings. The molecule has 0 bridgehead atoms. The number of amides is 1. The second kappa shape index (κ2) is 6.26. The summed E-state index contributed by atoms with van der Waals surface area (Å²) in [5.41, 5.74) is -1.43. The Bertz CT molecular complexity index is 631. The molecule has 0 saturated heterocycles. The van der Waals surface area contributed by atoms with Crippen molar-refractivity contribution in [3.63, 3.8) is 0 Å². The van der Waals surface area contributed by atoms with E-state index in [1.807, 2.05) is 37.3 Å². The molecule has 4 nitrogen and oxygen atoms in total. The van der Waals surface area contributed by atoms with Gasteiger partial charge < -0.3 is 10.4 Å². The number of hydrogen-bond donors (Lipinski definition) is 2. The molecule has 0 aliphatic carbocycles. The molecule has 2 N–H and O–H groups in total. The van der Waals surface area contributed by atoms with E-state index < -0.39 is 17.3 Å². The van der Waals surface area contributed by atoms with Crippen molar-refractivity contribution in [1.29, 1.82) is 0 Å². The third-order valence-corrected chi connectivity index (χ3v) is 4.63. The van der Waals surface area contributed by atoms with Crippen molar-refractivity contribution in [2.75, 3.05) is 6.54 Å². The van der Waals surface area contributed by atoms with Gasteiger partial charge in [0, 0.05) is 22.5 Å². The Labute approximate surface area is 127 Å². The van der Waals surface area contributed by atoms with Crippen LogP contribution < -0.4 is 5.32 Å². The van der Waals surface area contributed by atoms with Crippen LogP contribution in [0.1, 0.15) is 25.1 Å². The van der Waals surface area contributed by atoms with Gasteiger partial charge in [-0.05, 0) is 30.9 Å². The van der Waals surface area contributed by atoms with Gasteiger partial charge in [0.2, 0.25) is 5.91 Å². The monoisotopic (exact) mass is 305 g/mol. The highest BCUT2D eigenvalue weighted by Crippen LogP contribution is 2.31. The number of rotatable bonds is 6. The lowest BCUT2D eigenvalue weighted by Crippen LogP contribution is -2.46. The van der Waals surface area contributed by atoms with Gasteiger partial charge in [0.15, 0.2) is 0 Å². The molecule has 0 radical (unpaired) electrons. The highest BCUT2D eigenvalue weighted by molar-refractivity contribution is 7.19. The molecule has 112 valence electrons. The molecule has 0 saturated carbocycles. The van der Waals surface area contributed by atoms with Gasteiger partial charge in [-0.15, -0.1) is 11.3 Å². The van der Waals surface area contributed by atoms with E-state index >= 15 is 0 Å². The summed E-state index contributed by atoms with van der Waals surface area (Å²) in [5.74, 6) is -1.51. The molecular formula is C16H19NO3S. The standard InChI is InChI=1S/C16H19NO3S/c1-3-8-17-14(18)16(2,15(19)20)10-12-9-11-6-4-5-7-13(11)21-12/h4-7,9H,3,8,10H2,1-2H3,(H,17,18)(H,19,20). The highest BCUT2D eigenvalue weighted by Gasteiger charge is 2.41. The first-order valence-electron chi connectivity index (χ1n) is 6.96. The normalized spacial score (nSPS) is 13.8. The molecule has 0 aliphatic heterocycles. The summed E-state index contributed by atoms with van der Waals surface area (Å²) >= 11 is 1.54. The van der Waals surface area contributed by atoms with Crippen LogP contribution in [0.5, 0.6) is 0 Å².